The predicted molar refractivity (Wildman–Crippen MR) is 89.8 cm³/mol. The number of amides is 1. The molecule has 1 heterocycles. The van der Waals surface area contributed by atoms with E-state index in [9.17, 15) is 4.79 Å². The van der Waals surface area contributed by atoms with Gasteiger partial charge in [0.15, 0.2) is 11.5 Å². The average molecular weight is 316 g/mol. The molecule has 2 N–H and O–H groups in total. The van der Waals surface area contributed by atoms with E-state index < -0.39 is 0 Å². The lowest BCUT2D eigenvalue weighted by atomic mass is 9.97. The summed E-state index contributed by atoms with van der Waals surface area (Å²) in [6, 6.07) is 5.31. The molecule has 0 spiro atoms. The molecule has 1 unspecified atom stereocenters. The van der Waals surface area contributed by atoms with E-state index >= 15 is 0 Å². The van der Waals surface area contributed by atoms with Crippen LogP contribution in [0.1, 0.15) is 39.0 Å². The van der Waals surface area contributed by atoms with Gasteiger partial charge in [-0.2, -0.15) is 0 Å². The monoisotopic (exact) mass is 316 g/mol. The summed E-state index contributed by atoms with van der Waals surface area (Å²) in [5.41, 5.74) is 2.33. The lowest BCUT2D eigenvalue weighted by molar-refractivity contribution is -0.121. The van der Waals surface area contributed by atoms with Gasteiger partial charge in [-0.05, 0) is 51.2 Å². The van der Waals surface area contributed by atoms with Gasteiger partial charge in [0.05, 0.1) is 0 Å². The summed E-state index contributed by atoms with van der Waals surface area (Å²) in [7, 11) is 0. The van der Waals surface area contributed by atoms with Crippen LogP contribution in [0.4, 0.5) is 5.69 Å². The number of anilines is 1. The van der Waals surface area contributed by atoms with Crippen LogP contribution in [0.2, 0.25) is 0 Å². The van der Waals surface area contributed by atoms with Crippen molar-refractivity contribution in [3.63, 3.8) is 0 Å². The van der Waals surface area contributed by atoms with E-state index in [0.717, 1.165) is 17.9 Å². The van der Waals surface area contributed by atoms with Gasteiger partial charge in [0.2, 0.25) is 12.7 Å². The lowest BCUT2D eigenvalue weighted by Crippen LogP contribution is -2.38. The first-order chi connectivity index (χ1) is 11.2. The van der Waals surface area contributed by atoms with Crippen molar-refractivity contribution in [2.24, 2.45) is 0 Å². The molecule has 1 aliphatic carbocycles. The van der Waals surface area contributed by atoms with Gasteiger partial charge in [-0.3, -0.25) is 4.79 Å². The molecule has 1 amide bonds. The Balaban J connectivity index is 1.45. The summed E-state index contributed by atoms with van der Waals surface area (Å²) >= 11 is 0. The van der Waals surface area contributed by atoms with Crippen LogP contribution >= 0.6 is 0 Å². The van der Waals surface area contributed by atoms with Gasteiger partial charge in [-0.25, -0.2) is 0 Å². The Morgan fingerprint density at radius 2 is 2.13 bits per heavy atom. The smallest absolute Gasteiger partial charge is 0.242 e. The first kappa shape index (κ1) is 15.7. The molecule has 1 aromatic rings. The zero-order chi connectivity index (χ0) is 16.1. The Morgan fingerprint density at radius 1 is 1.26 bits per heavy atom. The summed E-state index contributed by atoms with van der Waals surface area (Å²) in [6.45, 7) is 2.82. The number of rotatable bonds is 6. The normalized spacial score (nSPS) is 17.3. The van der Waals surface area contributed by atoms with Crippen LogP contribution in [0.5, 0.6) is 11.5 Å². The maximum atomic E-state index is 12.2. The Kier molecular flexibility index (Phi) is 5.05. The fourth-order valence-electron chi connectivity index (χ4n) is 2.93. The highest BCUT2D eigenvalue weighted by Crippen LogP contribution is 2.34. The molecule has 124 valence electrons. The zero-order valence-electron chi connectivity index (χ0n) is 13.6. The first-order valence-electron chi connectivity index (χ1n) is 8.34. The maximum absolute atomic E-state index is 12.2. The molecule has 0 aromatic heterocycles. The fourth-order valence-corrected chi connectivity index (χ4v) is 2.93. The van der Waals surface area contributed by atoms with Crippen molar-refractivity contribution in [3.05, 3.63) is 29.8 Å². The minimum absolute atomic E-state index is 0.0130. The van der Waals surface area contributed by atoms with Crippen LogP contribution in [-0.2, 0) is 4.79 Å². The van der Waals surface area contributed by atoms with Crippen molar-refractivity contribution in [2.75, 3.05) is 18.7 Å². The van der Waals surface area contributed by atoms with E-state index in [1.165, 1.54) is 31.3 Å². The number of fused-ring (bicyclic) bond motifs is 1. The largest absolute Gasteiger partial charge is 0.454 e. The van der Waals surface area contributed by atoms with Gasteiger partial charge >= 0.3 is 0 Å². The molecule has 1 atom stereocenters. The van der Waals surface area contributed by atoms with Crippen molar-refractivity contribution in [1.82, 2.24) is 5.32 Å². The Hall–Kier alpha value is -2.17. The van der Waals surface area contributed by atoms with Crippen LogP contribution in [0.25, 0.3) is 0 Å². The number of carbonyl (C=O) groups is 1. The van der Waals surface area contributed by atoms with E-state index in [4.69, 9.17) is 9.47 Å². The van der Waals surface area contributed by atoms with Gasteiger partial charge in [-0.15, -0.1) is 0 Å². The number of ether oxygens (including phenoxy) is 2. The summed E-state index contributed by atoms with van der Waals surface area (Å²) in [5.74, 6) is 1.47. The topological polar surface area (TPSA) is 59.6 Å². The third kappa shape index (κ3) is 4.18. The molecule has 0 saturated carbocycles. The minimum Gasteiger partial charge on any atom is -0.454 e. The molecule has 0 fully saturated rings. The van der Waals surface area contributed by atoms with Crippen molar-refractivity contribution in [2.45, 2.75) is 45.1 Å². The SMILES string of the molecule is CC(Nc1ccc2c(c1)OCO2)C(=O)NCCC1=CCCCC1. The number of hydrogen-bond donors (Lipinski definition) is 2. The highest BCUT2D eigenvalue weighted by Gasteiger charge is 2.16. The molecule has 0 saturated heterocycles. The molecule has 1 aliphatic heterocycles. The second-order valence-electron chi connectivity index (χ2n) is 6.08. The third-order valence-corrected chi connectivity index (χ3v) is 4.28. The third-order valence-electron chi connectivity index (χ3n) is 4.28. The molecule has 3 rings (SSSR count). The van der Waals surface area contributed by atoms with Crippen molar-refractivity contribution in [3.8, 4) is 11.5 Å². The molecule has 1 aromatic carbocycles. The minimum atomic E-state index is -0.296. The maximum Gasteiger partial charge on any atom is 0.242 e. The molecular formula is C18H24N2O3. The van der Waals surface area contributed by atoms with Crippen molar-refractivity contribution in [1.29, 1.82) is 0 Å². The van der Waals surface area contributed by atoms with E-state index in [1.807, 2.05) is 25.1 Å². The van der Waals surface area contributed by atoms with E-state index in [2.05, 4.69) is 16.7 Å². The second kappa shape index (κ2) is 7.40. The Morgan fingerprint density at radius 3 is 2.96 bits per heavy atom. The molecule has 0 bridgehead atoms. The van der Waals surface area contributed by atoms with Crippen molar-refractivity contribution < 1.29 is 14.3 Å². The van der Waals surface area contributed by atoms with E-state index in [-0.39, 0.29) is 18.7 Å². The van der Waals surface area contributed by atoms with Crippen LogP contribution in [-0.4, -0.2) is 25.3 Å². The summed E-state index contributed by atoms with van der Waals surface area (Å²) < 4.78 is 10.6. The van der Waals surface area contributed by atoms with Gasteiger partial charge in [0, 0.05) is 18.3 Å². The van der Waals surface area contributed by atoms with E-state index in [0.29, 0.717) is 12.3 Å². The number of nitrogens with one attached hydrogen (secondary N) is 2. The van der Waals surface area contributed by atoms with Crippen LogP contribution < -0.4 is 20.1 Å². The van der Waals surface area contributed by atoms with Gasteiger partial charge in [-0.1, -0.05) is 11.6 Å². The van der Waals surface area contributed by atoms with Crippen molar-refractivity contribution >= 4 is 11.6 Å². The van der Waals surface area contributed by atoms with Gasteiger partial charge in [0.25, 0.3) is 0 Å². The highest BCUT2D eigenvalue weighted by molar-refractivity contribution is 5.84. The average Bonchev–Trinajstić information content (AvgIpc) is 3.03. The number of benzene rings is 1. The van der Waals surface area contributed by atoms with Crippen LogP contribution in [0.3, 0.4) is 0 Å². The van der Waals surface area contributed by atoms with Crippen LogP contribution in [0, 0.1) is 0 Å². The van der Waals surface area contributed by atoms with Gasteiger partial charge in [0.1, 0.15) is 6.04 Å². The summed E-state index contributed by atoms with van der Waals surface area (Å²) in [6.07, 6.45) is 8.23. The van der Waals surface area contributed by atoms with Gasteiger partial charge < -0.3 is 20.1 Å². The standard InChI is InChI=1S/C18H24N2O3/c1-13(18(21)19-10-9-14-5-3-2-4-6-14)20-15-7-8-16-17(11-15)23-12-22-16/h5,7-8,11,13,20H,2-4,6,9-10,12H2,1H3,(H,19,21). The molecule has 5 heteroatoms. The number of carbonyl (C=O) groups excluding carboxylic acids is 1. The highest BCUT2D eigenvalue weighted by atomic mass is 16.7. The first-order valence-corrected chi connectivity index (χ1v) is 8.34. The molecular weight excluding hydrogens is 292 g/mol. The predicted octanol–water partition coefficient (Wildman–Crippen LogP) is 3.22. The Bertz CT molecular complexity index is 598. The number of allylic oxidation sites excluding steroid dienone is 1. The van der Waals surface area contributed by atoms with E-state index in [1.54, 1.807) is 0 Å². The lowest BCUT2D eigenvalue weighted by Gasteiger charge is -2.17. The number of hydrogen-bond acceptors (Lipinski definition) is 4. The van der Waals surface area contributed by atoms with Crippen LogP contribution in [0.15, 0.2) is 29.8 Å². The molecule has 5 nitrogen and oxygen atoms in total. The zero-order valence-corrected chi connectivity index (χ0v) is 13.6. The summed E-state index contributed by atoms with van der Waals surface area (Å²) in [5, 5.41) is 6.20. The second-order valence-corrected chi connectivity index (χ2v) is 6.08. The quantitative estimate of drug-likeness (QED) is 0.791. The fraction of sp³-hybridized carbons (Fsp3) is 0.500. The summed E-state index contributed by atoms with van der Waals surface area (Å²) in [4.78, 5) is 12.2. The molecule has 2 aliphatic rings. The molecule has 0 radical (unpaired) electrons. The molecule has 23 heavy (non-hydrogen) atoms. The Labute approximate surface area is 137 Å².